The van der Waals surface area contributed by atoms with E-state index < -0.39 is 5.97 Å². The predicted molar refractivity (Wildman–Crippen MR) is 77.5 cm³/mol. The number of nitrogens with zero attached hydrogens (tertiary/aromatic N) is 3. The Morgan fingerprint density at radius 3 is 2.71 bits per heavy atom. The average Bonchev–Trinajstić information content (AvgIpc) is 3.01. The number of aliphatic carboxylic acids is 1. The van der Waals surface area contributed by atoms with E-state index in [0.717, 1.165) is 50.1 Å². The van der Waals surface area contributed by atoms with Crippen molar-refractivity contribution in [2.24, 2.45) is 5.92 Å². The molecule has 2 fully saturated rings. The van der Waals surface area contributed by atoms with E-state index in [4.69, 9.17) is 9.84 Å². The lowest BCUT2D eigenvalue weighted by atomic mass is 9.97. The third-order valence-corrected chi connectivity index (χ3v) is 4.36. The van der Waals surface area contributed by atoms with Gasteiger partial charge in [-0.3, -0.25) is 4.79 Å². The summed E-state index contributed by atoms with van der Waals surface area (Å²) in [4.78, 5) is 22.3. The summed E-state index contributed by atoms with van der Waals surface area (Å²) in [5.74, 6) is 1.16. The number of hydrogen-bond donors (Lipinski definition) is 1. The number of hydrogen-bond acceptors (Lipinski definition) is 5. The molecule has 114 valence electrons. The Kier molecular flexibility index (Phi) is 4.05. The number of ether oxygens (including phenoxy) is 1. The van der Waals surface area contributed by atoms with Gasteiger partial charge >= 0.3 is 5.97 Å². The summed E-state index contributed by atoms with van der Waals surface area (Å²) in [5, 5.41) is 9.07. The van der Waals surface area contributed by atoms with Crippen LogP contribution in [0.25, 0.3) is 0 Å². The zero-order valence-electron chi connectivity index (χ0n) is 12.3. The van der Waals surface area contributed by atoms with Crippen molar-refractivity contribution in [2.45, 2.75) is 32.1 Å². The lowest BCUT2D eigenvalue weighted by Crippen LogP contribution is -2.37. The minimum Gasteiger partial charge on any atom is -0.481 e. The van der Waals surface area contributed by atoms with E-state index in [2.05, 4.69) is 14.9 Å². The van der Waals surface area contributed by atoms with Crippen LogP contribution in [0, 0.1) is 12.8 Å². The van der Waals surface area contributed by atoms with Gasteiger partial charge in [-0.2, -0.15) is 0 Å². The Balaban J connectivity index is 1.74. The largest absolute Gasteiger partial charge is 0.481 e. The maximum absolute atomic E-state index is 11.0. The van der Waals surface area contributed by atoms with Crippen LogP contribution in [-0.4, -0.2) is 47.3 Å². The third kappa shape index (κ3) is 3.15. The molecule has 0 aliphatic carbocycles. The van der Waals surface area contributed by atoms with Crippen LogP contribution in [0.2, 0.25) is 0 Å². The molecular weight excluding hydrogens is 270 g/mol. The first-order valence-electron chi connectivity index (χ1n) is 7.54. The summed E-state index contributed by atoms with van der Waals surface area (Å²) >= 11 is 0. The van der Waals surface area contributed by atoms with Crippen LogP contribution >= 0.6 is 0 Å². The molecule has 6 nitrogen and oxygen atoms in total. The third-order valence-electron chi connectivity index (χ3n) is 4.36. The second-order valence-electron chi connectivity index (χ2n) is 5.86. The number of piperidine rings is 1. The molecule has 0 radical (unpaired) electrons. The van der Waals surface area contributed by atoms with Gasteiger partial charge in [0, 0.05) is 31.7 Å². The normalized spacial score (nSPS) is 23.5. The Bertz CT molecular complexity index is 521. The van der Waals surface area contributed by atoms with Gasteiger partial charge in [-0.1, -0.05) is 0 Å². The van der Waals surface area contributed by atoms with Crippen molar-refractivity contribution < 1.29 is 14.6 Å². The molecule has 0 amide bonds. The number of aryl methyl sites for hydroxylation is 1. The summed E-state index contributed by atoms with van der Waals surface area (Å²) in [6.45, 7) is 4.93. The fourth-order valence-corrected chi connectivity index (χ4v) is 3.07. The Morgan fingerprint density at radius 2 is 2.10 bits per heavy atom. The molecule has 1 N–H and O–H groups in total. The molecule has 0 aromatic carbocycles. The van der Waals surface area contributed by atoms with Crippen LogP contribution in [0.1, 0.15) is 36.7 Å². The highest BCUT2D eigenvalue weighted by Gasteiger charge is 2.26. The standard InChI is InChI=1S/C15H21N3O3/c1-10-16-13(12-4-7-21-9-12)8-14(17-10)18-5-2-11(3-6-18)15(19)20/h8,11-12H,2-7,9H2,1H3,(H,19,20)/t12-/m0/s1. The summed E-state index contributed by atoms with van der Waals surface area (Å²) in [7, 11) is 0. The molecule has 2 aliphatic heterocycles. The summed E-state index contributed by atoms with van der Waals surface area (Å²) < 4.78 is 5.44. The molecule has 1 aromatic heterocycles. The minimum atomic E-state index is -0.683. The van der Waals surface area contributed by atoms with Crippen LogP contribution in [0.3, 0.4) is 0 Å². The minimum absolute atomic E-state index is 0.216. The molecule has 0 saturated carbocycles. The van der Waals surface area contributed by atoms with Gasteiger partial charge in [-0.15, -0.1) is 0 Å². The molecule has 21 heavy (non-hydrogen) atoms. The quantitative estimate of drug-likeness (QED) is 0.911. The highest BCUT2D eigenvalue weighted by molar-refractivity contribution is 5.70. The van der Waals surface area contributed by atoms with Crippen molar-refractivity contribution >= 4 is 11.8 Å². The van der Waals surface area contributed by atoms with Gasteiger partial charge in [0.25, 0.3) is 0 Å². The fourth-order valence-electron chi connectivity index (χ4n) is 3.07. The molecular formula is C15H21N3O3. The second-order valence-corrected chi connectivity index (χ2v) is 5.86. The number of carboxylic acids is 1. The maximum atomic E-state index is 11.0. The van der Waals surface area contributed by atoms with Crippen LogP contribution in [-0.2, 0) is 9.53 Å². The van der Waals surface area contributed by atoms with Crippen LogP contribution in [0.15, 0.2) is 6.07 Å². The van der Waals surface area contributed by atoms with Gasteiger partial charge in [0.15, 0.2) is 0 Å². The maximum Gasteiger partial charge on any atom is 0.306 e. The van der Waals surface area contributed by atoms with Crippen molar-refractivity contribution in [3.63, 3.8) is 0 Å². The van der Waals surface area contributed by atoms with Crippen LogP contribution < -0.4 is 4.90 Å². The Hall–Kier alpha value is -1.69. The van der Waals surface area contributed by atoms with Crippen molar-refractivity contribution in [2.75, 3.05) is 31.2 Å². The molecule has 2 saturated heterocycles. The smallest absolute Gasteiger partial charge is 0.306 e. The van der Waals surface area contributed by atoms with E-state index in [9.17, 15) is 4.79 Å². The Labute approximate surface area is 124 Å². The number of carbonyl (C=O) groups is 1. The van der Waals surface area contributed by atoms with E-state index in [0.29, 0.717) is 18.8 Å². The summed E-state index contributed by atoms with van der Waals surface area (Å²) in [6, 6.07) is 2.05. The SMILES string of the molecule is Cc1nc([C@H]2CCOC2)cc(N2CCC(C(=O)O)CC2)n1. The van der Waals surface area contributed by atoms with Gasteiger partial charge in [-0.05, 0) is 26.2 Å². The number of aromatic nitrogens is 2. The lowest BCUT2D eigenvalue weighted by Gasteiger charge is -2.31. The first-order chi connectivity index (χ1) is 10.1. The fraction of sp³-hybridized carbons (Fsp3) is 0.667. The van der Waals surface area contributed by atoms with Crippen LogP contribution in [0.4, 0.5) is 5.82 Å². The van der Waals surface area contributed by atoms with E-state index in [1.54, 1.807) is 0 Å². The van der Waals surface area contributed by atoms with Gasteiger partial charge < -0.3 is 14.7 Å². The van der Waals surface area contributed by atoms with Gasteiger partial charge in [0.2, 0.25) is 0 Å². The van der Waals surface area contributed by atoms with Crippen molar-refractivity contribution in [3.05, 3.63) is 17.6 Å². The van der Waals surface area contributed by atoms with E-state index in [-0.39, 0.29) is 5.92 Å². The summed E-state index contributed by atoms with van der Waals surface area (Å²) in [6.07, 6.45) is 2.37. The van der Waals surface area contributed by atoms with Gasteiger partial charge in [-0.25, -0.2) is 9.97 Å². The van der Waals surface area contributed by atoms with Crippen molar-refractivity contribution in [3.8, 4) is 0 Å². The highest BCUT2D eigenvalue weighted by Crippen LogP contribution is 2.28. The first-order valence-corrected chi connectivity index (χ1v) is 7.54. The zero-order valence-corrected chi connectivity index (χ0v) is 12.3. The zero-order chi connectivity index (χ0) is 14.8. The predicted octanol–water partition coefficient (Wildman–Crippen LogP) is 1.59. The van der Waals surface area contributed by atoms with Crippen molar-refractivity contribution in [1.29, 1.82) is 0 Å². The number of anilines is 1. The lowest BCUT2D eigenvalue weighted by molar-refractivity contribution is -0.142. The molecule has 3 rings (SSSR count). The summed E-state index contributed by atoms with van der Waals surface area (Å²) in [5.41, 5.74) is 1.05. The average molecular weight is 291 g/mol. The first kappa shape index (κ1) is 14.3. The van der Waals surface area contributed by atoms with E-state index >= 15 is 0 Å². The Morgan fingerprint density at radius 1 is 1.33 bits per heavy atom. The topological polar surface area (TPSA) is 75.5 Å². The number of rotatable bonds is 3. The van der Waals surface area contributed by atoms with Crippen LogP contribution in [0.5, 0.6) is 0 Å². The van der Waals surface area contributed by atoms with Gasteiger partial charge in [0.1, 0.15) is 11.6 Å². The van der Waals surface area contributed by atoms with E-state index in [1.807, 2.05) is 13.0 Å². The molecule has 6 heteroatoms. The molecule has 0 spiro atoms. The molecule has 3 heterocycles. The molecule has 1 atom stereocenters. The highest BCUT2D eigenvalue weighted by atomic mass is 16.5. The van der Waals surface area contributed by atoms with E-state index in [1.165, 1.54) is 0 Å². The molecule has 0 bridgehead atoms. The molecule has 1 aromatic rings. The second kappa shape index (κ2) is 5.97. The monoisotopic (exact) mass is 291 g/mol. The molecule has 0 unspecified atom stereocenters. The number of carboxylic acid groups (broad SMARTS) is 1. The van der Waals surface area contributed by atoms with Gasteiger partial charge in [0.05, 0.1) is 18.2 Å². The molecule has 2 aliphatic rings. The van der Waals surface area contributed by atoms with Crippen molar-refractivity contribution in [1.82, 2.24) is 9.97 Å².